The molecule has 0 aliphatic heterocycles. The lowest BCUT2D eigenvalue weighted by molar-refractivity contribution is 0.283. The Morgan fingerprint density at radius 1 is 1.07 bits per heavy atom. The van der Waals surface area contributed by atoms with E-state index >= 15 is 0 Å². The van der Waals surface area contributed by atoms with Gasteiger partial charge in [0.2, 0.25) is 0 Å². The number of hydrogen-bond donors (Lipinski definition) is 2. The maximum atomic E-state index is 8.62. The van der Waals surface area contributed by atoms with Gasteiger partial charge in [-0.25, -0.2) is 0 Å². The van der Waals surface area contributed by atoms with Crippen molar-refractivity contribution in [2.24, 2.45) is 0 Å². The highest BCUT2D eigenvalue weighted by molar-refractivity contribution is 14.1. The van der Waals surface area contributed by atoms with Crippen molar-refractivity contribution in [3.63, 3.8) is 0 Å². The largest absolute Gasteiger partial charge is 0.396 e. The van der Waals surface area contributed by atoms with Crippen molar-refractivity contribution in [3.05, 3.63) is 27.8 Å². The van der Waals surface area contributed by atoms with Crippen molar-refractivity contribution in [2.45, 2.75) is 25.7 Å². The Morgan fingerprint density at radius 2 is 1.80 bits per heavy atom. The second-order valence-corrected chi connectivity index (χ2v) is 4.71. The van der Waals surface area contributed by atoms with Crippen LogP contribution in [0.2, 0.25) is 0 Å². The number of para-hydroxylation sites is 1. The molecule has 1 rings (SSSR count). The number of nitrogens with one attached hydrogen (secondary N) is 1. The lowest BCUT2D eigenvalue weighted by Gasteiger charge is -2.07. The third-order valence-corrected chi connectivity index (χ3v) is 3.21. The van der Waals surface area contributed by atoms with Gasteiger partial charge in [-0.3, -0.25) is 0 Å². The molecule has 84 valence electrons. The molecule has 0 heterocycles. The molecule has 0 bridgehead atoms. The van der Waals surface area contributed by atoms with Gasteiger partial charge in [0, 0.05) is 22.4 Å². The van der Waals surface area contributed by atoms with Crippen LogP contribution in [0.4, 0.5) is 5.69 Å². The molecule has 0 saturated heterocycles. The predicted molar refractivity (Wildman–Crippen MR) is 73.2 cm³/mol. The fourth-order valence-corrected chi connectivity index (χ4v) is 2.00. The van der Waals surface area contributed by atoms with E-state index in [4.69, 9.17) is 5.11 Å². The average molecular weight is 319 g/mol. The summed E-state index contributed by atoms with van der Waals surface area (Å²) in [7, 11) is 0. The molecule has 2 nitrogen and oxygen atoms in total. The molecule has 0 atom stereocenters. The summed E-state index contributed by atoms with van der Waals surface area (Å²) in [6.45, 7) is 1.34. The number of hydrogen-bond acceptors (Lipinski definition) is 2. The monoisotopic (exact) mass is 319 g/mol. The third-order valence-electron chi connectivity index (χ3n) is 2.27. The van der Waals surface area contributed by atoms with Crippen molar-refractivity contribution in [3.8, 4) is 0 Å². The van der Waals surface area contributed by atoms with Crippen LogP contribution in [0, 0.1) is 3.57 Å². The van der Waals surface area contributed by atoms with Crippen LogP contribution in [0.15, 0.2) is 24.3 Å². The van der Waals surface area contributed by atoms with E-state index in [1.54, 1.807) is 0 Å². The maximum Gasteiger partial charge on any atom is 0.0475 e. The van der Waals surface area contributed by atoms with Crippen molar-refractivity contribution < 1.29 is 5.11 Å². The van der Waals surface area contributed by atoms with Crippen LogP contribution in [0.5, 0.6) is 0 Å². The topological polar surface area (TPSA) is 32.3 Å². The lowest BCUT2D eigenvalue weighted by Crippen LogP contribution is -2.02. The number of unbranched alkanes of at least 4 members (excludes halogenated alkanes) is 3. The number of halogens is 1. The summed E-state index contributed by atoms with van der Waals surface area (Å²) in [4.78, 5) is 0. The van der Waals surface area contributed by atoms with E-state index in [1.165, 1.54) is 22.1 Å². The Labute approximate surface area is 105 Å². The maximum absolute atomic E-state index is 8.62. The Bertz CT molecular complexity index is 278. The number of aliphatic hydroxyl groups excluding tert-OH is 1. The molecule has 0 radical (unpaired) electrons. The van der Waals surface area contributed by atoms with E-state index in [1.807, 2.05) is 6.07 Å². The van der Waals surface area contributed by atoms with Gasteiger partial charge in [-0.15, -0.1) is 0 Å². The van der Waals surface area contributed by atoms with Crippen LogP contribution in [-0.4, -0.2) is 18.3 Å². The number of benzene rings is 1. The second kappa shape index (κ2) is 7.93. The zero-order chi connectivity index (χ0) is 10.9. The van der Waals surface area contributed by atoms with Gasteiger partial charge in [-0.2, -0.15) is 0 Å². The summed E-state index contributed by atoms with van der Waals surface area (Å²) in [5.74, 6) is 0. The van der Waals surface area contributed by atoms with E-state index in [2.05, 4.69) is 46.1 Å². The van der Waals surface area contributed by atoms with Crippen molar-refractivity contribution in [2.75, 3.05) is 18.5 Å². The average Bonchev–Trinajstić information content (AvgIpc) is 2.25. The van der Waals surface area contributed by atoms with Gasteiger partial charge in [0.25, 0.3) is 0 Å². The lowest BCUT2D eigenvalue weighted by atomic mass is 10.2. The van der Waals surface area contributed by atoms with Crippen LogP contribution in [-0.2, 0) is 0 Å². The van der Waals surface area contributed by atoms with Crippen LogP contribution in [0.25, 0.3) is 0 Å². The fourth-order valence-electron chi connectivity index (χ4n) is 1.42. The van der Waals surface area contributed by atoms with Crippen molar-refractivity contribution in [1.82, 2.24) is 0 Å². The van der Waals surface area contributed by atoms with E-state index in [0.717, 1.165) is 19.4 Å². The summed E-state index contributed by atoms with van der Waals surface area (Å²) < 4.78 is 1.27. The molecule has 15 heavy (non-hydrogen) atoms. The fraction of sp³-hybridized carbons (Fsp3) is 0.500. The summed E-state index contributed by atoms with van der Waals surface area (Å²) in [5, 5.41) is 12.0. The molecular weight excluding hydrogens is 301 g/mol. The highest BCUT2D eigenvalue weighted by Crippen LogP contribution is 2.16. The second-order valence-electron chi connectivity index (χ2n) is 3.54. The van der Waals surface area contributed by atoms with Crippen LogP contribution in [0.3, 0.4) is 0 Å². The van der Waals surface area contributed by atoms with Gasteiger partial charge < -0.3 is 10.4 Å². The zero-order valence-corrected chi connectivity index (χ0v) is 11.0. The number of aliphatic hydroxyl groups is 1. The molecule has 0 unspecified atom stereocenters. The summed E-state index contributed by atoms with van der Waals surface area (Å²) in [6.07, 6.45) is 4.43. The van der Waals surface area contributed by atoms with E-state index in [9.17, 15) is 0 Å². The first-order chi connectivity index (χ1) is 7.34. The van der Waals surface area contributed by atoms with Crippen LogP contribution < -0.4 is 5.32 Å². The summed E-state index contributed by atoms with van der Waals surface area (Å²) in [6, 6.07) is 8.31. The highest BCUT2D eigenvalue weighted by atomic mass is 127. The smallest absolute Gasteiger partial charge is 0.0475 e. The standard InChI is InChI=1S/C12H18INO/c13-11-7-3-4-8-12(11)14-9-5-1-2-6-10-15/h3-4,7-8,14-15H,1-2,5-6,9-10H2. The van der Waals surface area contributed by atoms with Gasteiger partial charge in [-0.05, 0) is 47.6 Å². The van der Waals surface area contributed by atoms with E-state index < -0.39 is 0 Å². The molecule has 0 aliphatic carbocycles. The summed E-state index contributed by atoms with van der Waals surface area (Å²) >= 11 is 2.34. The first-order valence-electron chi connectivity index (χ1n) is 5.44. The molecule has 0 aliphatic rings. The Kier molecular flexibility index (Phi) is 6.76. The minimum absolute atomic E-state index is 0.323. The molecule has 1 aromatic rings. The first-order valence-corrected chi connectivity index (χ1v) is 6.51. The Hall–Kier alpha value is -0.290. The molecule has 0 amide bonds. The van der Waals surface area contributed by atoms with Crippen molar-refractivity contribution in [1.29, 1.82) is 0 Å². The van der Waals surface area contributed by atoms with E-state index in [0.29, 0.717) is 6.61 Å². The Morgan fingerprint density at radius 3 is 2.53 bits per heavy atom. The number of rotatable bonds is 7. The minimum Gasteiger partial charge on any atom is -0.396 e. The Balaban J connectivity index is 2.12. The van der Waals surface area contributed by atoms with Gasteiger partial charge in [-0.1, -0.05) is 25.0 Å². The number of anilines is 1. The molecule has 0 fully saturated rings. The molecule has 0 aromatic heterocycles. The molecule has 0 spiro atoms. The molecule has 3 heteroatoms. The highest BCUT2D eigenvalue weighted by Gasteiger charge is 1.96. The summed E-state index contributed by atoms with van der Waals surface area (Å²) in [5.41, 5.74) is 1.22. The van der Waals surface area contributed by atoms with Gasteiger partial charge in [0.1, 0.15) is 0 Å². The predicted octanol–water partition coefficient (Wildman–Crippen LogP) is 3.26. The zero-order valence-electron chi connectivity index (χ0n) is 8.88. The van der Waals surface area contributed by atoms with Gasteiger partial charge in [0.15, 0.2) is 0 Å². The van der Waals surface area contributed by atoms with Gasteiger partial charge >= 0.3 is 0 Å². The molecule has 0 saturated carbocycles. The van der Waals surface area contributed by atoms with E-state index in [-0.39, 0.29) is 0 Å². The van der Waals surface area contributed by atoms with Gasteiger partial charge in [0.05, 0.1) is 0 Å². The molecule has 1 aromatic carbocycles. The third kappa shape index (κ3) is 5.37. The first kappa shape index (κ1) is 12.8. The molecular formula is C12H18INO. The SMILES string of the molecule is OCCCCCCNc1ccccc1I. The minimum atomic E-state index is 0.323. The van der Waals surface area contributed by atoms with Crippen LogP contribution >= 0.6 is 22.6 Å². The van der Waals surface area contributed by atoms with Crippen molar-refractivity contribution >= 4 is 28.3 Å². The normalized spacial score (nSPS) is 10.3. The molecule has 2 N–H and O–H groups in total. The van der Waals surface area contributed by atoms with Crippen LogP contribution in [0.1, 0.15) is 25.7 Å². The quantitative estimate of drug-likeness (QED) is 0.597.